The lowest BCUT2D eigenvalue weighted by Gasteiger charge is -2.36. The van der Waals surface area contributed by atoms with Crippen LogP contribution in [0.5, 0.6) is 0 Å². The molecule has 0 bridgehead atoms. The number of hydrogen-bond acceptors (Lipinski definition) is 3. The number of rotatable bonds is 6. The van der Waals surface area contributed by atoms with E-state index in [9.17, 15) is 4.39 Å². The Morgan fingerprint density at radius 1 is 1.29 bits per heavy atom. The summed E-state index contributed by atoms with van der Waals surface area (Å²) in [5, 5.41) is 4.63. The molecule has 1 saturated heterocycles. The third-order valence-electron chi connectivity index (χ3n) is 4.16. The molecule has 0 spiro atoms. The molecule has 1 N–H and O–H groups in total. The lowest BCUT2D eigenvalue weighted by atomic mass is 10.2. The molecule has 4 nitrogen and oxygen atoms in total. The highest BCUT2D eigenvalue weighted by Gasteiger charge is 2.20. The van der Waals surface area contributed by atoms with E-state index in [2.05, 4.69) is 34.1 Å². The Balaban J connectivity index is 1.74. The van der Waals surface area contributed by atoms with Crippen molar-refractivity contribution < 1.29 is 4.39 Å². The van der Waals surface area contributed by atoms with Gasteiger partial charge in [-0.2, -0.15) is 0 Å². The molecule has 1 aromatic rings. The highest BCUT2D eigenvalue weighted by Crippen LogP contribution is 2.21. The first kappa shape index (κ1) is 19.4. The summed E-state index contributed by atoms with van der Waals surface area (Å²) in [4.78, 5) is 6.57. The first-order chi connectivity index (χ1) is 11.5. The van der Waals surface area contributed by atoms with Gasteiger partial charge in [0.15, 0.2) is 5.11 Å². The lowest BCUT2D eigenvalue weighted by molar-refractivity contribution is 0.173. The maximum Gasteiger partial charge on any atom is 0.169 e. The number of halogens is 2. The Bertz CT molecular complexity index is 527. The molecule has 1 heterocycles. The lowest BCUT2D eigenvalue weighted by Crippen LogP contribution is -2.51. The fraction of sp³-hybridized carbons (Fsp3) is 0.588. The van der Waals surface area contributed by atoms with Crippen LogP contribution in [0.2, 0.25) is 5.02 Å². The second-order valence-corrected chi connectivity index (χ2v) is 7.15. The minimum atomic E-state index is -0.233. The summed E-state index contributed by atoms with van der Waals surface area (Å²) >= 11 is 11.6. The Kier molecular flexibility index (Phi) is 7.68. The molecule has 1 fully saturated rings. The zero-order valence-corrected chi connectivity index (χ0v) is 16.0. The van der Waals surface area contributed by atoms with E-state index in [1.807, 2.05) is 0 Å². The van der Waals surface area contributed by atoms with Crippen molar-refractivity contribution in [3.05, 3.63) is 34.6 Å². The van der Waals surface area contributed by atoms with E-state index < -0.39 is 0 Å². The monoisotopic (exact) mass is 372 g/mol. The van der Waals surface area contributed by atoms with Gasteiger partial charge in [-0.15, -0.1) is 0 Å². The Morgan fingerprint density at radius 3 is 2.62 bits per heavy atom. The van der Waals surface area contributed by atoms with Gasteiger partial charge in [-0.25, -0.2) is 4.39 Å². The van der Waals surface area contributed by atoms with Gasteiger partial charge in [-0.05, 0) is 51.4 Å². The first-order valence-corrected chi connectivity index (χ1v) is 9.08. The SMILES string of the molecule is CN(C)CCCNC(=S)N1CCN(Cc2c(F)cccc2Cl)CC1. The summed E-state index contributed by atoms with van der Waals surface area (Å²) in [6.45, 7) is 5.89. The second kappa shape index (κ2) is 9.51. The van der Waals surface area contributed by atoms with E-state index >= 15 is 0 Å². The van der Waals surface area contributed by atoms with Gasteiger partial charge in [-0.1, -0.05) is 17.7 Å². The fourth-order valence-electron chi connectivity index (χ4n) is 2.72. The van der Waals surface area contributed by atoms with Gasteiger partial charge in [0.25, 0.3) is 0 Å². The summed E-state index contributed by atoms with van der Waals surface area (Å²) in [7, 11) is 4.14. The molecule has 0 aliphatic carbocycles. The van der Waals surface area contributed by atoms with Crippen molar-refractivity contribution in [2.24, 2.45) is 0 Å². The predicted molar refractivity (Wildman–Crippen MR) is 102 cm³/mol. The maximum atomic E-state index is 13.9. The Hall–Kier alpha value is -0.950. The van der Waals surface area contributed by atoms with Crippen molar-refractivity contribution in [2.75, 3.05) is 53.4 Å². The largest absolute Gasteiger partial charge is 0.363 e. The van der Waals surface area contributed by atoms with Crippen LogP contribution >= 0.6 is 23.8 Å². The minimum Gasteiger partial charge on any atom is -0.363 e. The predicted octanol–water partition coefficient (Wildman–Crippen LogP) is 2.42. The Morgan fingerprint density at radius 2 is 2.00 bits per heavy atom. The third-order valence-corrected chi connectivity index (χ3v) is 4.92. The molecule has 24 heavy (non-hydrogen) atoms. The number of thiocarbonyl (C=S) groups is 1. The standard InChI is InChI=1S/C17H26ClFN4S/c1-21(2)8-4-7-20-17(24)23-11-9-22(10-12-23)13-14-15(18)5-3-6-16(14)19/h3,5-6H,4,7-13H2,1-2H3,(H,20,24). The molecule has 0 atom stereocenters. The van der Waals surface area contributed by atoms with Crippen molar-refractivity contribution in [2.45, 2.75) is 13.0 Å². The zero-order chi connectivity index (χ0) is 17.5. The second-order valence-electron chi connectivity index (χ2n) is 6.35. The van der Waals surface area contributed by atoms with Gasteiger partial charge in [0.2, 0.25) is 0 Å². The van der Waals surface area contributed by atoms with Crippen LogP contribution in [0.15, 0.2) is 18.2 Å². The summed E-state index contributed by atoms with van der Waals surface area (Å²) in [6.07, 6.45) is 1.07. The molecule has 134 valence electrons. The molecule has 0 saturated carbocycles. The smallest absolute Gasteiger partial charge is 0.169 e. The van der Waals surface area contributed by atoms with Crippen LogP contribution in [-0.4, -0.2) is 73.2 Å². The van der Waals surface area contributed by atoms with Crippen LogP contribution in [0.3, 0.4) is 0 Å². The fourth-order valence-corrected chi connectivity index (χ4v) is 3.23. The normalized spacial score (nSPS) is 15.8. The molecular weight excluding hydrogens is 347 g/mol. The van der Waals surface area contributed by atoms with Crippen LogP contribution < -0.4 is 5.32 Å². The number of piperazine rings is 1. The van der Waals surface area contributed by atoms with Crippen molar-refractivity contribution in [1.82, 2.24) is 20.0 Å². The van der Waals surface area contributed by atoms with E-state index in [-0.39, 0.29) is 5.82 Å². The molecule has 7 heteroatoms. The minimum absolute atomic E-state index is 0.233. The van der Waals surface area contributed by atoms with Gasteiger partial charge in [0.1, 0.15) is 5.82 Å². The zero-order valence-electron chi connectivity index (χ0n) is 14.4. The van der Waals surface area contributed by atoms with Crippen LogP contribution in [0.25, 0.3) is 0 Å². The van der Waals surface area contributed by atoms with E-state index in [0.29, 0.717) is 17.1 Å². The van der Waals surface area contributed by atoms with Crippen molar-refractivity contribution in [3.63, 3.8) is 0 Å². The number of nitrogens with one attached hydrogen (secondary N) is 1. The van der Waals surface area contributed by atoms with Gasteiger partial charge < -0.3 is 15.1 Å². The average molecular weight is 373 g/mol. The molecule has 1 aliphatic heterocycles. The van der Waals surface area contributed by atoms with Gasteiger partial charge >= 0.3 is 0 Å². The third kappa shape index (κ3) is 5.84. The molecule has 1 aliphatic rings. The van der Waals surface area contributed by atoms with Gasteiger partial charge in [-0.3, -0.25) is 4.90 Å². The number of nitrogens with zero attached hydrogens (tertiary/aromatic N) is 3. The van der Waals surface area contributed by atoms with E-state index in [1.54, 1.807) is 12.1 Å². The van der Waals surface area contributed by atoms with Gasteiger partial charge in [0, 0.05) is 49.9 Å². The quantitative estimate of drug-likeness (QED) is 0.610. The van der Waals surface area contributed by atoms with E-state index in [1.165, 1.54) is 6.07 Å². The van der Waals surface area contributed by atoms with Crippen LogP contribution in [-0.2, 0) is 6.54 Å². The van der Waals surface area contributed by atoms with Crippen molar-refractivity contribution >= 4 is 28.9 Å². The highest BCUT2D eigenvalue weighted by atomic mass is 35.5. The average Bonchev–Trinajstić information content (AvgIpc) is 2.55. The summed E-state index contributed by atoms with van der Waals surface area (Å²) < 4.78 is 13.9. The summed E-state index contributed by atoms with van der Waals surface area (Å²) in [6, 6.07) is 4.84. The Labute approximate surface area is 154 Å². The number of benzene rings is 1. The van der Waals surface area contributed by atoms with Gasteiger partial charge in [0.05, 0.1) is 0 Å². The molecule has 1 aromatic carbocycles. The molecule has 0 aromatic heterocycles. The molecule has 2 rings (SSSR count). The highest BCUT2D eigenvalue weighted by molar-refractivity contribution is 7.80. The van der Waals surface area contributed by atoms with E-state index in [0.717, 1.165) is 50.8 Å². The molecule has 0 amide bonds. The molecular formula is C17H26ClFN4S. The summed E-state index contributed by atoms with van der Waals surface area (Å²) in [5.74, 6) is -0.233. The van der Waals surface area contributed by atoms with Crippen LogP contribution in [0, 0.1) is 5.82 Å². The summed E-state index contributed by atoms with van der Waals surface area (Å²) in [5.41, 5.74) is 0.581. The molecule has 0 radical (unpaired) electrons. The van der Waals surface area contributed by atoms with Crippen LogP contribution in [0.4, 0.5) is 4.39 Å². The van der Waals surface area contributed by atoms with E-state index in [4.69, 9.17) is 23.8 Å². The van der Waals surface area contributed by atoms with Crippen LogP contribution in [0.1, 0.15) is 12.0 Å². The maximum absolute atomic E-state index is 13.9. The molecule has 0 unspecified atom stereocenters. The topological polar surface area (TPSA) is 21.8 Å². The first-order valence-electron chi connectivity index (χ1n) is 8.30. The van der Waals surface area contributed by atoms with Crippen molar-refractivity contribution in [3.8, 4) is 0 Å². The van der Waals surface area contributed by atoms with Crippen molar-refractivity contribution in [1.29, 1.82) is 0 Å². The number of hydrogen-bond donors (Lipinski definition) is 1.